The summed E-state index contributed by atoms with van der Waals surface area (Å²) in [6.07, 6.45) is 3.92. The Hall–Kier alpha value is -2.36. The fourth-order valence-electron chi connectivity index (χ4n) is 4.54. The van der Waals surface area contributed by atoms with Gasteiger partial charge in [-0.2, -0.15) is 0 Å². The predicted octanol–water partition coefficient (Wildman–Crippen LogP) is 2.08. The molecule has 0 radical (unpaired) electrons. The van der Waals surface area contributed by atoms with Gasteiger partial charge >= 0.3 is 12.1 Å². The van der Waals surface area contributed by atoms with Crippen LogP contribution in [0.2, 0.25) is 0 Å². The number of carbonyl (C=O) groups excluding carboxylic acids is 4. The Morgan fingerprint density at radius 3 is 2.34 bits per heavy atom. The molecule has 2 aliphatic heterocycles. The van der Waals surface area contributed by atoms with Crippen LogP contribution in [0, 0.1) is 11.8 Å². The summed E-state index contributed by atoms with van der Waals surface area (Å²) in [5.41, 5.74) is -0.510. The standard InChI is InChI=1S/C25H43N3O7/c1-5-34-22(31)15-20(17-29)26-23(32)19-7-6-12-28(16-19)21(30)9-8-18-10-13-27(14-11-18)24(33)35-25(2,3)4/h18-20,29H,5-17H2,1-4H3,(H,26,32)/t19-,20?/m1/s1. The van der Waals surface area contributed by atoms with Crippen molar-refractivity contribution < 1.29 is 33.8 Å². The molecular weight excluding hydrogens is 454 g/mol. The molecule has 2 aliphatic rings. The molecule has 2 saturated heterocycles. The molecule has 0 spiro atoms. The third-order valence-corrected chi connectivity index (χ3v) is 6.46. The van der Waals surface area contributed by atoms with Crippen molar-refractivity contribution >= 4 is 23.9 Å². The van der Waals surface area contributed by atoms with Crippen molar-refractivity contribution in [2.75, 3.05) is 39.4 Å². The maximum absolute atomic E-state index is 12.8. The summed E-state index contributed by atoms with van der Waals surface area (Å²) in [7, 11) is 0. The molecule has 0 bridgehead atoms. The number of ether oxygens (including phenoxy) is 2. The third kappa shape index (κ3) is 10.0. The number of piperidine rings is 2. The normalized spacial score (nSPS) is 20.2. The van der Waals surface area contributed by atoms with Gasteiger partial charge in [0, 0.05) is 32.6 Å². The fourth-order valence-corrected chi connectivity index (χ4v) is 4.54. The van der Waals surface area contributed by atoms with Gasteiger partial charge in [-0.15, -0.1) is 0 Å². The van der Waals surface area contributed by atoms with E-state index in [1.165, 1.54) is 0 Å². The number of aliphatic hydroxyl groups is 1. The molecule has 2 N–H and O–H groups in total. The van der Waals surface area contributed by atoms with Gasteiger partial charge in [0.1, 0.15) is 5.60 Å². The Bertz CT molecular complexity index is 729. The van der Waals surface area contributed by atoms with Crippen LogP contribution >= 0.6 is 0 Å². The number of nitrogens with zero attached hydrogens (tertiary/aromatic N) is 2. The van der Waals surface area contributed by atoms with Crippen LogP contribution in [0.25, 0.3) is 0 Å². The molecule has 35 heavy (non-hydrogen) atoms. The molecule has 0 aromatic carbocycles. The SMILES string of the molecule is CCOC(=O)CC(CO)NC(=O)[C@@H]1CCCN(C(=O)CCC2CCN(C(=O)OC(C)(C)C)CC2)C1. The van der Waals surface area contributed by atoms with Gasteiger partial charge < -0.3 is 29.7 Å². The Balaban J connectivity index is 1.74. The first-order valence-electron chi connectivity index (χ1n) is 12.8. The third-order valence-electron chi connectivity index (χ3n) is 6.46. The van der Waals surface area contributed by atoms with E-state index in [-0.39, 0.29) is 43.5 Å². The number of nitrogens with one attached hydrogen (secondary N) is 1. The Kier molecular flexibility index (Phi) is 11.3. The quantitative estimate of drug-likeness (QED) is 0.467. The highest BCUT2D eigenvalue weighted by molar-refractivity contribution is 5.82. The lowest BCUT2D eigenvalue weighted by molar-refractivity contribution is -0.144. The van der Waals surface area contributed by atoms with Crippen molar-refractivity contribution in [3.05, 3.63) is 0 Å². The zero-order valence-electron chi connectivity index (χ0n) is 21.7. The molecule has 2 atom stereocenters. The summed E-state index contributed by atoms with van der Waals surface area (Å²) < 4.78 is 10.3. The van der Waals surface area contributed by atoms with E-state index in [1.807, 2.05) is 20.8 Å². The number of esters is 1. The van der Waals surface area contributed by atoms with E-state index in [0.717, 1.165) is 25.7 Å². The predicted molar refractivity (Wildman–Crippen MR) is 129 cm³/mol. The molecule has 0 aromatic heterocycles. The number of rotatable bonds is 9. The molecular formula is C25H43N3O7. The Morgan fingerprint density at radius 2 is 1.74 bits per heavy atom. The monoisotopic (exact) mass is 497 g/mol. The first-order chi connectivity index (χ1) is 16.5. The van der Waals surface area contributed by atoms with E-state index in [2.05, 4.69) is 5.32 Å². The number of hydrogen-bond donors (Lipinski definition) is 2. The molecule has 0 aliphatic carbocycles. The number of aliphatic hydroxyl groups excluding tert-OH is 1. The minimum atomic E-state index is -0.695. The van der Waals surface area contributed by atoms with E-state index in [0.29, 0.717) is 44.9 Å². The van der Waals surface area contributed by atoms with Crippen LogP contribution in [-0.4, -0.2) is 89.8 Å². The van der Waals surface area contributed by atoms with Crippen molar-refractivity contribution in [1.82, 2.24) is 15.1 Å². The van der Waals surface area contributed by atoms with Crippen molar-refractivity contribution in [1.29, 1.82) is 0 Å². The second-order valence-corrected chi connectivity index (χ2v) is 10.5. The molecule has 200 valence electrons. The van der Waals surface area contributed by atoms with Crippen LogP contribution in [-0.2, 0) is 23.9 Å². The molecule has 0 aromatic rings. The second-order valence-electron chi connectivity index (χ2n) is 10.5. The van der Waals surface area contributed by atoms with Gasteiger partial charge in [0.2, 0.25) is 11.8 Å². The number of amides is 3. The maximum Gasteiger partial charge on any atom is 0.410 e. The summed E-state index contributed by atoms with van der Waals surface area (Å²) in [6.45, 7) is 9.40. The van der Waals surface area contributed by atoms with Crippen molar-refractivity contribution in [3.8, 4) is 0 Å². The summed E-state index contributed by atoms with van der Waals surface area (Å²) in [6, 6.07) is -0.695. The number of carbonyl (C=O) groups is 4. The van der Waals surface area contributed by atoms with Crippen molar-refractivity contribution in [2.45, 2.75) is 84.3 Å². The maximum atomic E-state index is 12.8. The molecule has 2 heterocycles. The lowest BCUT2D eigenvalue weighted by Gasteiger charge is -2.35. The molecule has 0 saturated carbocycles. The highest BCUT2D eigenvalue weighted by atomic mass is 16.6. The summed E-state index contributed by atoms with van der Waals surface area (Å²) >= 11 is 0. The van der Waals surface area contributed by atoms with Gasteiger partial charge in [-0.1, -0.05) is 0 Å². The van der Waals surface area contributed by atoms with Crippen molar-refractivity contribution in [2.24, 2.45) is 11.8 Å². The van der Waals surface area contributed by atoms with Gasteiger partial charge in [0.15, 0.2) is 0 Å². The average molecular weight is 498 g/mol. The number of likely N-dealkylation sites (tertiary alicyclic amines) is 2. The van der Waals surface area contributed by atoms with Crippen LogP contribution in [0.1, 0.15) is 72.6 Å². The first-order valence-corrected chi connectivity index (χ1v) is 12.8. The zero-order valence-corrected chi connectivity index (χ0v) is 21.7. The highest BCUT2D eigenvalue weighted by Crippen LogP contribution is 2.25. The number of hydrogen-bond acceptors (Lipinski definition) is 7. The van der Waals surface area contributed by atoms with Crippen LogP contribution in [0.5, 0.6) is 0 Å². The van der Waals surface area contributed by atoms with Gasteiger partial charge in [0.05, 0.1) is 31.6 Å². The average Bonchev–Trinajstić information content (AvgIpc) is 2.81. The second kappa shape index (κ2) is 13.7. The van der Waals surface area contributed by atoms with E-state index in [1.54, 1.807) is 16.7 Å². The fraction of sp³-hybridized carbons (Fsp3) is 0.840. The summed E-state index contributed by atoms with van der Waals surface area (Å²) in [5.74, 6) is -0.650. The molecule has 1 unspecified atom stereocenters. The van der Waals surface area contributed by atoms with Gasteiger partial charge in [-0.25, -0.2) is 4.79 Å². The van der Waals surface area contributed by atoms with Crippen LogP contribution < -0.4 is 5.32 Å². The van der Waals surface area contributed by atoms with E-state index in [4.69, 9.17) is 9.47 Å². The minimum Gasteiger partial charge on any atom is -0.466 e. The topological polar surface area (TPSA) is 125 Å². The van der Waals surface area contributed by atoms with Gasteiger partial charge in [-0.3, -0.25) is 14.4 Å². The molecule has 10 nitrogen and oxygen atoms in total. The van der Waals surface area contributed by atoms with Gasteiger partial charge in [0.25, 0.3) is 0 Å². The van der Waals surface area contributed by atoms with E-state index in [9.17, 15) is 24.3 Å². The van der Waals surface area contributed by atoms with Crippen LogP contribution in [0.4, 0.5) is 4.79 Å². The summed E-state index contributed by atoms with van der Waals surface area (Å²) in [5, 5.41) is 12.2. The largest absolute Gasteiger partial charge is 0.466 e. The summed E-state index contributed by atoms with van der Waals surface area (Å²) in [4.78, 5) is 52.9. The molecule has 10 heteroatoms. The molecule has 2 fully saturated rings. The van der Waals surface area contributed by atoms with Crippen LogP contribution in [0.15, 0.2) is 0 Å². The lowest BCUT2D eigenvalue weighted by Crippen LogP contribution is -2.49. The molecule has 2 rings (SSSR count). The minimum absolute atomic E-state index is 0.0438. The molecule has 3 amide bonds. The highest BCUT2D eigenvalue weighted by Gasteiger charge is 2.31. The Labute approximate surface area is 208 Å². The Morgan fingerprint density at radius 1 is 1.06 bits per heavy atom. The van der Waals surface area contributed by atoms with Crippen LogP contribution in [0.3, 0.4) is 0 Å². The van der Waals surface area contributed by atoms with E-state index >= 15 is 0 Å². The van der Waals surface area contributed by atoms with E-state index < -0.39 is 17.6 Å². The smallest absolute Gasteiger partial charge is 0.410 e. The van der Waals surface area contributed by atoms with Gasteiger partial charge in [-0.05, 0) is 65.7 Å². The first kappa shape index (κ1) is 28.9. The lowest BCUT2D eigenvalue weighted by atomic mass is 9.91. The zero-order chi connectivity index (χ0) is 26.0. The van der Waals surface area contributed by atoms with Crippen molar-refractivity contribution in [3.63, 3.8) is 0 Å².